The summed E-state index contributed by atoms with van der Waals surface area (Å²) in [6.07, 6.45) is 0.505. The lowest BCUT2D eigenvalue weighted by atomic mass is 10.0. The number of carbonyl (C=O) groups is 1. The lowest BCUT2D eigenvalue weighted by Crippen LogP contribution is -2.31. The lowest BCUT2D eigenvalue weighted by molar-refractivity contribution is 0.0934. The summed E-state index contributed by atoms with van der Waals surface area (Å²) in [6, 6.07) is 21.3. The molecule has 176 valence electrons. The first-order valence-electron chi connectivity index (χ1n) is 10.7. The number of rotatable bonds is 8. The first-order valence-corrected chi connectivity index (χ1v) is 12.1. The van der Waals surface area contributed by atoms with E-state index in [1.165, 1.54) is 33.3 Å². The molecule has 0 fully saturated rings. The topological polar surface area (TPSA) is 104 Å². The summed E-state index contributed by atoms with van der Waals surface area (Å²) < 4.78 is 31.8. The molecule has 1 aromatic heterocycles. The fourth-order valence-electron chi connectivity index (χ4n) is 3.66. The van der Waals surface area contributed by atoms with Crippen LogP contribution in [0.5, 0.6) is 5.75 Å². The summed E-state index contributed by atoms with van der Waals surface area (Å²) in [6.45, 7) is 0. The van der Waals surface area contributed by atoms with Crippen molar-refractivity contribution < 1.29 is 17.9 Å². The number of aromatic nitrogens is 2. The number of fused-ring (bicyclic) bond motifs is 1. The standard InChI is InChI=1S/C25H26N4O4S/c1-29(2)34(31,32)23-16-18(13-14-22(23)33-3)25(30)28-21(15-17-9-5-4-6-10-17)24-26-19-11-7-8-12-20(19)27-24/h4-14,16,21H,15H2,1-3H3,(H,26,27)(H,28,30). The largest absolute Gasteiger partial charge is 0.495 e. The molecule has 1 atom stereocenters. The van der Waals surface area contributed by atoms with Crippen LogP contribution in [0.25, 0.3) is 11.0 Å². The number of methoxy groups -OCH3 is 1. The molecule has 8 nitrogen and oxygen atoms in total. The van der Waals surface area contributed by atoms with Crippen molar-refractivity contribution in [2.24, 2.45) is 0 Å². The molecule has 9 heteroatoms. The highest BCUT2D eigenvalue weighted by atomic mass is 32.2. The second-order valence-electron chi connectivity index (χ2n) is 8.01. The maximum absolute atomic E-state index is 13.3. The molecular weight excluding hydrogens is 452 g/mol. The molecule has 4 aromatic rings. The van der Waals surface area contributed by atoms with Crippen molar-refractivity contribution in [3.05, 3.63) is 89.7 Å². The van der Waals surface area contributed by atoms with E-state index in [-0.39, 0.29) is 16.2 Å². The van der Waals surface area contributed by atoms with Gasteiger partial charge in [0.05, 0.1) is 24.2 Å². The predicted molar refractivity (Wildman–Crippen MR) is 130 cm³/mol. The van der Waals surface area contributed by atoms with Gasteiger partial charge in [0.2, 0.25) is 10.0 Å². The van der Waals surface area contributed by atoms with Crippen LogP contribution in [0.2, 0.25) is 0 Å². The molecule has 0 radical (unpaired) electrons. The molecule has 0 aliphatic heterocycles. The molecule has 1 amide bonds. The molecule has 0 saturated carbocycles. The minimum Gasteiger partial charge on any atom is -0.495 e. The van der Waals surface area contributed by atoms with Crippen LogP contribution in [-0.4, -0.2) is 49.8 Å². The van der Waals surface area contributed by atoms with Gasteiger partial charge in [-0.3, -0.25) is 4.79 Å². The van der Waals surface area contributed by atoms with E-state index in [1.807, 2.05) is 54.6 Å². The maximum atomic E-state index is 13.3. The molecule has 0 saturated heterocycles. The second-order valence-corrected chi connectivity index (χ2v) is 10.1. The quantitative estimate of drug-likeness (QED) is 0.403. The number of benzene rings is 3. The number of H-pyrrole nitrogens is 1. The van der Waals surface area contributed by atoms with Crippen molar-refractivity contribution in [3.8, 4) is 5.75 Å². The van der Waals surface area contributed by atoms with Crippen molar-refractivity contribution in [2.75, 3.05) is 21.2 Å². The zero-order valence-electron chi connectivity index (χ0n) is 19.1. The normalized spacial score (nSPS) is 12.6. The molecule has 0 spiro atoms. The Morgan fingerprint density at radius 3 is 2.44 bits per heavy atom. The fourth-order valence-corrected chi connectivity index (χ4v) is 4.74. The van der Waals surface area contributed by atoms with E-state index in [0.29, 0.717) is 12.2 Å². The van der Waals surface area contributed by atoms with Crippen LogP contribution in [0.1, 0.15) is 27.8 Å². The van der Waals surface area contributed by atoms with Crippen LogP contribution in [-0.2, 0) is 16.4 Å². The van der Waals surface area contributed by atoms with Gasteiger partial charge in [0.15, 0.2) is 0 Å². The number of imidazole rings is 1. The second kappa shape index (κ2) is 9.66. The van der Waals surface area contributed by atoms with Gasteiger partial charge < -0.3 is 15.0 Å². The van der Waals surface area contributed by atoms with Crippen LogP contribution >= 0.6 is 0 Å². The van der Waals surface area contributed by atoms with Gasteiger partial charge in [-0.2, -0.15) is 0 Å². The number of nitrogens with zero attached hydrogens (tertiary/aromatic N) is 2. The van der Waals surface area contributed by atoms with Gasteiger partial charge in [0.25, 0.3) is 5.91 Å². The van der Waals surface area contributed by atoms with E-state index in [4.69, 9.17) is 4.74 Å². The highest BCUT2D eigenvalue weighted by molar-refractivity contribution is 7.89. The average Bonchev–Trinajstić information content (AvgIpc) is 3.28. The Bertz CT molecular complexity index is 1380. The molecule has 1 unspecified atom stereocenters. The van der Waals surface area contributed by atoms with Gasteiger partial charge in [-0.15, -0.1) is 0 Å². The third kappa shape index (κ3) is 4.80. The number of nitrogens with one attached hydrogen (secondary N) is 2. The first-order chi connectivity index (χ1) is 16.3. The highest BCUT2D eigenvalue weighted by Gasteiger charge is 2.25. The van der Waals surface area contributed by atoms with Crippen molar-refractivity contribution in [1.82, 2.24) is 19.6 Å². The van der Waals surface area contributed by atoms with Crippen molar-refractivity contribution in [2.45, 2.75) is 17.4 Å². The number of para-hydroxylation sites is 2. The highest BCUT2D eigenvalue weighted by Crippen LogP contribution is 2.27. The number of hydrogen-bond acceptors (Lipinski definition) is 5. The summed E-state index contributed by atoms with van der Waals surface area (Å²) in [5.74, 6) is 0.371. The zero-order chi connectivity index (χ0) is 24.3. The summed E-state index contributed by atoms with van der Waals surface area (Å²) >= 11 is 0. The van der Waals surface area contributed by atoms with Crippen LogP contribution in [0.3, 0.4) is 0 Å². The summed E-state index contributed by atoms with van der Waals surface area (Å²) in [5.41, 5.74) is 2.90. The van der Waals surface area contributed by atoms with Crippen molar-refractivity contribution >= 4 is 27.0 Å². The third-order valence-corrected chi connectivity index (χ3v) is 7.35. The Morgan fingerprint density at radius 2 is 1.76 bits per heavy atom. The molecule has 0 aliphatic rings. The lowest BCUT2D eigenvalue weighted by Gasteiger charge is -2.19. The van der Waals surface area contributed by atoms with E-state index in [0.717, 1.165) is 20.9 Å². The Hall–Kier alpha value is -3.69. The van der Waals surface area contributed by atoms with E-state index in [9.17, 15) is 13.2 Å². The minimum absolute atomic E-state index is 0.0732. The van der Waals surface area contributed by atoms with Gasteiger partial charge in [0.1, 0.15) is 16.5 Å². The fraction of sp³-hybridized carbons (Fsp3) is 0.200. The van der Waals surface area contributed by atoms with E-state index in [2.05, 4.69) is 15.3 Å². The molecular formula is C25H26N4O4S. The molecule has 0 aliphatic carbocycles. The van der Waals surface area contributed by atoms with Crippen molar-refractivity contribution in [3.63, 3.8) is 0 Å². The Labute approximate surface area is 198 Å². The monoisotopic (exact) mass is 478 g/mol. The molecule has 4 rings (SSSR count). The van der Waals surface area contributed by atoms with Gasteiger partial charge in [-0.1, -0.05) is 42.5 Å². The van der Waals surface area contributed by atoms with E-state index >= 15 is 0 Å². The summed E-state index contributed by atoms with van der Waals surface area (Å²) in [4.78, 5) is 21.2. The van der Waals surface area contributed by atoms with E-state index in [1.54, 1.807) is 6.07 Å². The van der Waals surface area contributed by atoms with Gasteiger partial charge in [-0.25, -0.2) is 17.7 Å². The summed E-state index contributed by atoms with van der Waals surface area (Å²) in [5, 5.41) is 3.02. The van der Waals surface area contributed by atoms with Gasteiger partial charge in [0, 0.05) is 19.7 Å². The average molecular weight is 479 g/mol. The molecule has 1 heterocycles. The molecule has 34 heavy (non-hydrogen) atoms. The third-order valence-electron chi connectivity index (χ3n) is 5.51. The number of ether oxygens (including phenoxy) is 1. The number of hydrogen-bond donors (Lipinski definition) is 2. The SMILES string of the molecule is COc1ccc(C(=O)NC(Cc2ccccc2)c2nc3ccccc3[nH]2)cc1S(=O)(=O)N(C)C. The molecule has 2 N–H and O–H groups in total. The van der Waals surface area contributed by atoms with Gasteiger partial charge >= 0.3 is 0 Å². The number of aromatic amines is 1. The Balaban J connectivity index is 1.69. The molecule has 3 aromatic carbocycles. The number of carbonyl (C=O) groups excluding carboxylic acids is 1. The zero-order valence-corrected chi connectivity index (χ0v) is 20.0. The number of sulfonamides is 1. The van der Waals surface area contributed by atoms with Crippen LogP contribution < -0.4 is 10.1 Å². The first kappa shape index (κ1) is 23.5. The Kier molecular flexibility index (Phi) is 6.67. The minimum atomic E-state index is -3.81. The van der Waals surface area contributed by atoms with E-state index < -0.39 is 22.0 Å². The smallest absolute Gasteiger partial charge is 0.251 e. The summed E-state index contributed by atoms with van der Waals surface area (Å²) in [7, 11) is 0.437. The Morgan fingerprint density at radius 1 is 1.06 bits per heavy atom. The predicted octanol–water partition coefficient (Wildman–Crippen LogP) is 3.54. The van der Waals surface area contributed by atoms with Crippen LogP contribution in [0.15, 0.2) is 77.7 Å². The van der Waals surface area contributed by atoms with Crippen LogP contribution in [0.4, 0.5) is 0 Å². The van der Waals surface area contributed by atoms with Crippen LogP contribution in [0, 0.1) is 0 Å². The van der Waals surface area contributed by atoms with Gasteiger partial charge in [-0.05, 0) is 42.3 Å². The molecule has 0 bridgehead atoms. The number of amides is 1. The van der Waals surface area contributed by atoms with Crippen molar-refractivity contribution in [1.29, 1.82) is 0 Å². The maximum Gasteiger partial charge on any atom is 0.251 e.